The van der Waals surface area contributed by atoms with Gasteiger partial charge in [0.1, 0.15) is 6.61 Å². The SMILES string of the molecule is CNCC1COC(=O)N1c1ccccc1Cl. The maximum absolute atomic E-state index is 11.6. The van der Waals surface area contributed by atoms with Gasteiger partial charge in [-0.25, -0.2) is 4.79 Å². The molecule has 16 heavy (non-hydrogen) atoms. The van der Waals surface area contributed by atoms with Crippen molar-refractivity contribution in [3.63, 3.8) is 0 Å². The van der Waals surface area contributed by atoms with Gasteiger partial charge in [0, 0.05) is 6.54 Å². The number of hydrogen-bond acceptors (Lipinski definition) is 3. The predicted octanol–water partition coefficient (Wildman–Crippen LogP) is 1.88. The highest BCUT2D eigenvalue weighted by Gasteiger charge is 2.34. The molecule has 0 aromatic heterocycles. The van der Waals surface area contributed by atoms with Crippen LogP contribution in [-0.2, 0) is 4.74 Å². The predicted molar refractivity (Wildman–Crippen MR) is 63.0 cm³/mol. The normalized spacial score (nSPS) is 20.0. The van der Waals surface area contributed by atoms with E-state index in [1.807, 2.05) is 25.2 Å². The summed E-state index contributed by atoms with van der Waals surface area (Å²) in [6, 6.07) is 7.26. The van der Waals surface area contributed by atoms with E-state index in [-0.39, 0.29) is 12.1 Å². The smallest absolute Gasteiger partial charge is 0.414 e. The van der Waals surface area contributed by atoms with Crippen LogP contribution in [0, 0.1) is 0 Å². The molecule has 1 amide bonds. The Hall–Kier alpha value is -1.26. The summed E-state index contributed by atoms with van der Waals surface area (Å²) in [6.07, 6.45) is -0.339. The van der Waals surface area contributed by atoms with Crippen molar-refractivity contribution in [3.8, 4) is 0 Å². The Balaban J connectivity index is 2.30. The van der Waals surface area contributed by atoms with Crippen LogP contribution >= 0.6 is 11.6 Å². The molecule has 2 rings (SSSR count). The number of nitrogens with one attached hydrogen (secondary N) is 1. The largest absolute Gasteiger partial charge is 0.447 e. The molecule has 4 nitrogen and oxygen atoms in total. The summed E-state index contributed by atoms with van der Waals surface area (Å²) in [6.45, 7) is 1.07. The summed E-state index contributed by atoms with van der Waals surface area (Å²) >= 11 is 6.07. The molecule has 1 N–H and O–H groups in total. The number of rotatable bonds is 3. The summed E-state index contributed by atoms with van der Waals surface area (Å²) in [4.78, 5) is 13.2. The number of para-hydroxylation sites is 1. The summed E-state index contributed by atoms with van der Waals surface area (Å²) in [5.74, 6) is 0. The van der Waals surface area contributed by atoms with Crippen molar-refractivity contribution in [2.75, 3.05) is 25.1 Å². The van der Waals surface area contributed by atoms with E-state index in [0.717, 1.165) is 0 Å². The Kier molecular flexibility index (Phi) is 3.31. The molecule has 1 saturated heterocycles. The van der Waals surface area contributed by atoms with Crippen molar-refractivity contribution in [1.82, 2.24) is 5.32 Å². The molecular weight excluding hydrogens is 228 g/mol. The third kappa shape index (κ3) is 1.99. The molecule has 5 heteroatoms. The van der Waals surface area contributed by atoms with Crippen LogP contribution in [0.2, 0.25) is 5.02 Å². The second-order valence-corrected chi connectivity index (χ2v) is 4.02. The first-order valence-corrected chi connectivity index (χ1v) is 5.47. The number of hydrogen-bond donors (Lipinski definition) is 1. The first kappa shape index (κ1) is 11.2. The summed E-state index contributed by atoms with van der Waals surface area (Å²) in [5, 5.41) is 3.59. The van der Waals surface area contributed by atoms with E-state index in [1.54, 1.807) is 11.0 Å². The molecule has 1 aromatic rings. The van der Waals surface area contributed by atoms with Gasteiger partial charge in [-0.15, -0.1) is 0 Å². The van der Waals surface area contributed by atoms with E-state index in [9.17, 15) is 4.79 Å². The van der Waals surface area contributed by atoms with Crippen LogP contribution in [0.5, 0.6) is 0 Å². The molecule has 1 aliphatic rings. The number of carbonyl (C=O) groups is 1. The number of cyclic esters (lactones) is 1. The average molecular weight is 241 g/mol. The maximum Gasteiger partial charge on any atom is 0.414 e. The zero-order valence-corrected chi connectivity index (χ0v) is 9.70. The van der Waals surface area contributed by atoms with Crippen molar-refractivity contribution in [2.45, 2.75) is 6.04 Å². The molecular formula is C11H13ClN2O2. The van der Waals surface area contributed by atoms with Crippen LogP contribution < -0.4 is 10.2 Å². The van der Waals surface area contributed by atoms with Crippen LogP contribution in [-0.4, -0.2) is 32.3 Å². The Morgan fingerprint density at radius 2 is 2.31 bits per heavy atom. The lowest BCUT2D eigenvalue weighted by Crippen LogP contribution is -2.40. The molecule has 1 aliphatic heterocycles. The highest BCUT2D eigenvalue weighted by Crippen LogP contribution is 2.29. The first-order valence-electron chi connectivity index (χ1n) is 5.09. The topological polar surface area (TPSA) is 41.6 Å². The Morgan fingerprint density at radius 1 is 1.56 bits per heavy atom. The van der Waals surface area contributed by atoms with Gasteiger partial charge in [-0.3, -0.25) is 4.90 Å². The van der Waals surface area contributed by atoms with Crippen LogP contribution in [0.25, 0.3) is 0 Å². The van der Waals surface area contributed by atoms with Crippen molar-refractivity contribution in [3.05, 3.63) is 29.3 Å². The molecule has 0 radical (unpaired) electrons. The average Bonchev–Trinajstić information content (AvgIpc) is 2.62. The van der Waals surface area contributed by atoms with Crippen molar-refractivity contribution in [2.24, 2.45) is 0 Å². The highest BCUT2D eigenvalue weighted by molar-refractivity contribution is 6.33. The van der Waals surface area contributed by atoms with E-state index in [1.165, 1.54) is 0 Å². The molecule has 86 valence electrons. The number of ether oxygens (including phenoxy) is 1. The van der Waals surface area contributed by atoms with E-state index in [4.69, 9.17) is 16.3 Å². The monoisotopic (exact) mass is 240 g/mol. The minimum atomic E-state index is -0.339. The number of anilines is 1. The molecule has 0 bridgehead atoms. The fourth-order valence-electron chi connectivity index (χ4n) is 1.79. The van der Waals surface area contributed by atoms with Gasteiger partial charge >= 0.3 is 6.09 Å². The molecule has 1 heterocycles. The lowest BCUT2D eigenvalue weighted by Gasteiger charge is -2.21. The lowest BCUT2D eigenvalue weighted by molar-refractivity contribution is 0.178. The van der Waals surface area contributed by atoms with Crippen molar-refractivity contribution in [1.29, 1.82) is 0 Å². The molecule has 0 spiro atoms. The van der Waals surface area contributed by atoms with Crippen molar-refractivity contribution >= 4 is 23.4 Å². The maximum atomic E-state index is 11.6. The second-order valence-electron chi connectivity index (χ2n) is 3.61. The van der Waals surface area contributed by atoms with Gasteiger partial charge in [0.05, 0.1) is 16.8 Å². The van der Waals surface area contributed by atoms with Gasteiger partial charge in [0.15, 0.2) is 0 Å². The highest BCUT2D eigenvalue weighted by atomic mass is 35.5. The van der Waals surface area contributed by atoms with Gasteiger partial charge in [0.25, 0.3) is 0 Å². The van der Waals surface area contributed by atoms with Gasteiger partial charge in [-0.2, -0.15) is 0 Å². The van der Waals surface area contributed by atoms with Gasteiger partial charge in [0.2, 0.25) is 0 Å². The van der Waals surface area contributed by atoms with E-state index in [0.29, 0.717) is 23.9 Å². The van der Waals surface area contributed by atoms with Crippen LogP contribution in [0.1, 0.15) is 0 Å². The third-order valence-electron chi connectivity index (χ3n) is 2.51. The first-order chi connectivity index (χ1) is 7.74. The van der Waals surface area contributed by atoms with Gasteiger partial charge < -0.3 is 10.1 Å². The quantitative estimate of drug-likeness (QED) is 0.877. The van der Waals surface area contributed by atoms with E-state index < -0.39 is 0 Å². The zero-order valence-electron chi connectivity index (χ0n) is 8.94. The minimum Gasteiger partial charge on any atom is -0.447 e. The number of halogens is 1. The number of amides is 1. The number of carbonyl (C=O) groups excluding carboxylic acids is 1. The molecule has 1 unspecified atom stereocenters. The summed E-state index contributed by atoms with van der Waals surface area (Å²) < 4.78 is 5.03. The standard InChI is InChI=1S/C11H13ClN2O2/c1-13-6-8-7-16-11(15)14(8)10-5-3-2-4-9(10)12/h2-5,8,13H,6-7H2,1H3. The van der Waals surface area contributed by atoms with Gasteiger partial charge in [-0.1, -0.05) is 23.7 Å². The fraction of sp³-hybridized carbons (Fsp3) is 0.364. The molecule has 0 saturated carbocycles. The van der Waals surface area contributed by atoms with E-state index >= 15 is 0 Å². The minimum absolute atomic E-state index is 0.00241. The van der Waals surface area contributed by atoms with Crippen LogP contribution in [0.3, 0.4) is 0 Å². The van der Waals surface area contributed by atoms with Crippen LogP contribution in [0.4, 0.5) is 10.5 Å². The molecule has 0 aliphatic carbocycles. The van der Waals surface area contributed by atoms with Gasteiger partial charge in [-0.05, 0) is 19.2 Å². The lowest BCUT2D eigenvalue weighted by atomic mass is 10.2. The zero-order chi connectivity index (χ0) is 11.5. The van der Waals surface area contributed by atoms with Crippen LogP contribution in [0.15, 0.2) is 24.3 Å². The summed E-state index contributed by atoms with van der Waals surface area (Å²) in [7, 11) is 1.84. The number of nitrogens with zero attached hydrogens (tertiary/aromatic N) is 1. The van der Waals surface area contributed by atoms with E-state index in [2.05, 4.69) is 5.32 Å². The Morgan fingerprint density at radius 3 is 3.00 bits per heavy atom. The summed E-state index contributed by atoms with van der Waals surface area (Å²) in [5.41, 5.74) is 0.701. The molecule has 1 aromatic carbocycles. The fourth-order valence-corrected chi connectivity index (χ4v) is 2.02. The Labute approximate surface area is 99.1 Å². The third-order valence-corrected chi connectivity index (χ3v) is 2.83. The molecule has 1 atom stereocenters. The number of benzene rings is 1. The van der Waals surface area contributed by atoms with Crippen molar-refractivity contribution < 1.29 is 9.53 Å². The second kappa shape index (κ2) is 4.72. The Bertz CT molecular complexity index is 397. The molecule has 1 fully saturated rings. The number of likely N-dealkylation sites (N-methyl/N-ethyl adjacent to an activating group) is 1.